The lowest BCUT2D eigenvalue weighted by Gasteiger charge is -2.05. The van der Waals surface area contributed by atoms with Crippen LogP contribution in [0, 0.1) is 15.9 Å². The first kappa shape index (κ1) is 11.1. The Morgan fingerprint density at radius 1 is 1.41 bits per heavy atom. The van der Waals surface area contributed by atoms with Crippen molar-refractivity contribution in [1.82, 2.24) is 4.98 Å². The van der Waals surface area contributed by atoms with Crippen molar-refractivity contribution >= 4 is 11.4 Å². The number of hydrogen-bond donors (Lipinski definition) is 2. The first-order chi connectivity index (χ1) is 8.16. The monoisotopic (exact) mass is 235 g/mol. The van der Waals surface area contributed by atoms with E-state index in [0.29, 0.717) is 12.2 Å². The molecule has 0 aliphatic carbocycles. The molecule has 2 rings (SSSR count). The quantitative estimate of drug-likeness (QED) is 0.632. The van der Waals surface area contributed by atoms with Crippen LogP contribution in [0.1, 0.15) is 5.69 Å². The minimum atomic E-state index is -0.841. The summed E-state index contributed by atoms with van der Waals surface area (Å²) in [7, 11) is 0. The Morgan fingerprint density at radius 2 is 2.24 bits per heavy atom. The molecule has 0 amide bonds. The molecule has 0 saturated heterocycles. The van der Waals surface area contributed by atoms with E-state index in [1.807, 2.05) is 12.1 Å². The number of anilines is 1. The molecule has 88 valence electrons. The van der Waals surface area contributed by atoms with Gasteiger partial charge in [-0.1, -0.05) is 0 Å². The maximum atomic E-state index is 13.3. The van der Waals surface area contributed by atoms with Gasteiger partial charge in [-0.2, -0.15) is 4.39 Å². The van der Waals surface area contributed by atoms with Gasteiger partial charge in [0, 0.05) is 29.7 Å². The van der Waals surface area contributed by atoms with Crippen molar-refractivity contribution in [1.29, 1.82) is 0 Å². The first-order valence-corrected chi connectivity index (χ1v) is 4.97. The van der Waals surface area contributed by atoms with Crippen molar-refractivity contribution in [3.63, 3.8) is 0 Å². The number of aromatic amines is 1. The normalized spacial score (nSPS) is 10.2. The summed E-state index contributed by atoms with van der Waals surface area (Å²) in [6, 6.07) is 7.47. The van der Waals surface area contributed by atoms with Gasteiger partial charge < -0.3 is 10.3 Å². The Kier molecular flexibility index (Phi) is 3.04. The molecule has 1 aromatic heterocycles. The van der Waals surface area contributed by atoms with Crippen LogP contribution in [0.2, 0.25) is 0 Å². The van der Waals surface area contributed by atoms with E-state index in [-0.39, 0.29) is 0 Å². The van der Waals surface area contributed by atoms with Crippen molar-refractivity contribution < 1.29 is 9.31 Å². The third-order valence-electron chi connectivity index (χ3n) is 2.29. The second kappa shape index (κ2) is 4.65. The fraction of sp³-hybridized carbons (Fsp3) is 0.0909. The van der Waals surface area contributed by atoms with Crippen LogP contribution in [0.5, 0.6) is 0 Å². The van der Waals surface area contributed by atoms with Crippen LogP contribution in [0.25, 0.3) is 0 Å². The lowest BCUT2D eigenvalue weighted by atomic mass is 10.2. The number of hydrogen-bond acceptors (Lipinski definition) is 3. The lowest BCUT2D eigenvalue weighted by molar-refractivity contribution is -0.387. The van der Waals surface area contributed by atoms with Crippen LogP contribution in [-0.4, -0.2) is 9.91 Å². The third-order valence-corrected chi connectivity index (χ3v) is 2.29. The molecule has 5 nitrogen and oxygen atoms in total. The molecule has 0 bridgehead atoms. The molecule has 2 N–H and O–H groups in total. The largest absolute Gasteiger partial charge is 0.379 e. The molecule has 17 heavy (non-hydrogen) atoms. The zero-order valence-electron chi connectivity index (χ0n) is 8.81. The summed E-state index contributed by atoms with van der Waals surface area (Å²) in [5, 5.41) is 13.4. The number of halogens is 1. The minimum Gasteiger partial charge on any atom is -0.379 e. The molecule has 1 aromatic carbocycles. The van der Waals surface area contributed by atoms with Gasteiger partial charge in [-0.15, -0.1) is 0 Å². The van der Waals surface area contributed by atoms with E-state index in [1.165, 1.54) is 6.07 Å². The summed E-state index contributed by atoms with van der Waals surface area (Å²) in [5.74, 6) is -0.841. The highest BCUT2D eigenvalue weighted by Crippen LogP contribution is 2.21. The molecule has 0 aliphatic rings. The van der Waals surface area contributed by atoms with Crippen LogP contribution in [0.4, 0.5) is 15.8 Å². The minimum absolute atomic E-state index is 0.503. The molecule has 1 heterocycles. The molecule has 2 aromatic rings. The zero-order chi connectivity index (χ0) is 12.3. The van der Waals surface area contributed by atoms with E-state index < -0.39 is 16.4 Å². The summed E-state index contributed by atoms with van der Waals surface area (Å²) < 4.78 is 13.3. The number of aromatic nitrogens is 1. The van der Waals surface area contributed by atoms with Crippen molar-refractivity contribution in [2.75, 3.05) is 5.32 Å². The number of benzene rings is 1. The molecule has 0 fully saturated rings. The molecule has 0 radical (unpaired) electrons. The molecule has 0 atom stereocenters. The third kappa shape index (κ3) is 2.60. The fourth-order valence-electron chi connectivity index (χ4n) is 1.44. The van der Waals surface area contributed by atoms with Gasteiger partial charge in [-0.3, -0.25) is 10.1 Å². The van der Waals surface area contributed by atoms with Gasteiger partial charge in [0.2, 0.25) is 5.82 Å². The predicted molar refractivity (Wildman–Crippen MR) is 61.2 cm³/mol. The van der Waals surface area contributed by atoms with Gasteiger partial charge in [-0.25, -0.2) is 0 Å². The standard InChI is InChI=1S/C11H10FN3O2/c12-10-6-8(3-4-11(10)15(16)17)14-7-9-2-1-5-13-9/h1-6,13-14H,7H2. The van der Waals surface area contributed by atoms with Gasteiger partial charge in [0.15, 0.2) is 0 Å². The van der Waals surface area contributed by atoms with Gasteiger partial charge in [0.05, 0.1) is 11.5 Å². The van der Waals surface area contributed by atoms with Gasteiger partial charge in [0.25, 0.3) is 0 Å². The Morgan fingerprint density at radius 3 is 2.82 bits per heavy atom. The van der Waals surface area contributed by atoms with Crippen LogP contribution in [0.3, 0.4) is 0 Å². The average molecular weight is 235 g/mol. The summed E-state index contributed by atoms with van der Waals surface area (Å²) in [6.07, 6.45) is 1.79. The number of nitro groups is 1. The van der Waals surface area contributed by atoms with Crippen molar-refractivity contribution in [3.8, 4) is 0 Å². The summed E-state index contributed by atoms with van der Waals surface area (Å²) in [5.41, 5.74) is 0.932. The van der Waals surface area contributed by atoms with Crippen LogP contribution < -0.4 is 5.32 Å². The molecule has 0 saturated carbocycles. The summed E-state index contributed by atoms with van der Waals surface area (Å²) in [4.78, 5) is 12.7. The maximum Gasteiger partial charge on any atom is 0.304 e. The Labute approximate surface area is 96.4 Å². The Hall–Kier alpha value is -2.37. The number of H-pyrrole nitrogens is 1. The Balaban J connectivity index is 2.07. The maximum absolute atomic E-state index is 13.3. The van der Waals surface area contributed by atoms with Crippen molar-refractivity contribution in [3.05, 3.63) is 58.2 Å². The molecular formula is C11H10FN3O2. The van der Waals surface area contributed by atoms with E-state index in [1.54, 1.807) is 6.20 Å². The highest BCUT2D eigenvalue weighted by Gasteiger charge is 2.13. The Bertz CT molecular complexity index is 526. The summed E-state index contributed by atoms with van der Waals surface area (Å²) in [6.45, 7) is 0.504. The molecular weight excluding hydrogens is 225 g/mol. The van der Waals surface area contributed by atoms with E-state index in [9.17, 15) is 14.5 Å². The van der Waals surface area contributed by atoms with Crippen LogP contribution in [0.15, 0.2) is 36.5 Å². The van der Waals surface area contributed by atoms with E-state index >= 15 is 0 Å². The van der Waals surface area contributed by atoms with Gasteiger partial charge in [-0.05, 0) is 18.2 Å². The SMILES string of the molecule is O=[N+]([O-])c1ccc(NCc2ccc[nH]2)cc1F. The van der Waals surface area contributed by atoms with Crippen molar-refractivity contribution in [2.45, 2.75) is 6.54 Å². The molecule has 0 spiro atoms. The van der Waals surface area contributed by atoms with Crippen molar-refractivity contribution in [2.24, 2.45) is 0 Å². The number of nitro benzene ring substituents is 1. The first-order valence-electron chi connectivity index (χ1n) is 4.97. The smallest absolute Gasteiger partial charge is 0.304 e. The van der Waals surface area contributed by atoms with E-state index in [2.05, 4.69) is 10.3 Å². The van der Waals surface area contributed by atoms with Crippen LogP contribution in [-0.2, 0) is 6.54 Å². The fourth-order valence-corrected chi connectivity index (χ4v) is 1.44. The number of nitrogens with zero attached hydrogens (tertiary/aromatic N) is 1. The molecule has 6 heteroatoms. The molecule has 0 aliphatic heterocycles. The lowest BCUT2D eigenvalue weighted by Crippen LogP contribution is -2.01. The topological polar surface area (TPSA) is 71.0 Å². The van der Waals surface area contributed by atoms with Gasteiger partial charge >= 0.3 is 5.69 Å². The second-order valence-electron chi connectivity index (χ2n) is 3.47. The van der Waals surface area contributed by atoms with E-state index in [4.69, 9.17) is 0 Å². The molecule has 0 unspecified atom stereocenters. The van der Waals surface area contributed by atoms with Gasteiger partial charge in [0.1, 0.15) is 0 Å². The number of nitrogens with one attached hydrogen (secondary N) is 2. The zero-order valence-corrected chi connectivity index (χ0v) is 8.81. The predicted octanol–water partition coefficient (Wildman–Crippen LogP) is 2.67. The average Bonchev–Trinajstić information content (AvgIpc) is 2.78. The van der Waals surface area contributed by atoms with E-state index in [0.717, 1.165) is 17.8 Å². The highest BCUT2D eigenvalue weighted by molar-refractivity contribution is 5.49. The number of rotatable bonds is 4. The summed E-state index contributed by atoms with van der Waals surface area (Å²) >= 11 is 0. The highest BCUT2D eigenvalue weighted by atomic mass is 19.1. The van der Waals surface area contributed by atoms with Crippen LogP contribution >= 0.6 is 0 Å². The second-order valence-corrected chi connectivity index (χ2v) is 3.47.